The summed E-state index contributed by atoms with van der Waals surface area (Å²) >= 11 is 5.05. The van der Waals surface area contributed by atoms with Gasteiger partial charge >= 0.3 is 0 Å². The van der Waals surface area contributed by atoms with Crippen molar-refractivity contribution in [2.45, 2.75) is 26.9 Å². The second-order valence-electron chi connectivity index (χ2n) is 5.76. The fourth-order valence-electron chi connectivity index (χ4n) is 2.44. The van der Waals surface area contributed by atoms with Crippen LogP contribution >= 0.6 is 27.3 Å². The lowest BCUT2D eigenvalue weighted by molar-refractivity contribution is 0.0922. The third-order valence-electron chi connectivity index (χ3n) is 3.72. The average molecular weight is 435 g/mol. The van der Waals surface area contributed by atoms with Gasteiger partial charge in [0.05, 0.1) is 10.7 Å². The van der Waals surface area contributed by atoms with Crippen molar-refractivity contribution in [1.82, 2.24) is 10.3 Å². The van der Waals surface area contributed by atoms with Crippen LogP contribution in [-0.4, -0.2) is 17.4 Å². The molecular weight excluding hydrogens is 416 g/mol. The van der Waals surface area contributed by atoms with Crippen LogP contribution in [0.4, 0.5) is 0 Å². The number of thiazole rings is 1. The molecule has 0 unspecified atom stereocenters. The molecule has 7 heteroatoms. The molecule has 0 radical (unpaired) electrons. The lowest BCUT2D eigenvalue weighted by Gasteiger charge is -2.04. The summed E-state index contributed by atoms with van der Waals surface area (Å²) in [4.78, 5) is 17.8. The Kier molecular flexibility index (Phi) is 6.11. The first-order valence-electron chi connectivity index (χ1n) is 8.19. The van der Waals surface area contributed by atoms with E-state index in [2.05, 4.69) is 26.2 Å². The minimum atomic E-state index is -0.223. The molecule has 1 amide bonds. The molecule has 0 saturated carbocycles. The predicted molar refractivity (Wildman–Crippen MR) is 105 cm³/mol. The third kappa shape index (κ3) is 4.95. The van der Waals surface area contributed by atoms with E-state index in [9.17, 15) is 4.79 Å². The molecular formula is C19H19BrN2O3S. The molecule has 26 heavy (non-hydrogen) atoms. The van der Waals surface area contributed by atoms with E-state index in [1.807, 2.05) is 38.1 Å². The van der Waals surface area contributed by atoms with Crippen LogP contribution in [0.25, 0.3) is 0 Å². The summed E-state index contributed by atoms with van der Waals surface area (Å²) in [6, 6.07) is 11.0. The summed E-state index contributed by atoms with van der Waals surface area (Å²) in [6.45, 7) is 4.80. The molecule has 136 valence electrons. The zero-order valence-corrected chi connectivity index (χ0v) is 16.9. The summed E-state index contributed by atoms with van der Waals surface area (Å²) in [5.41, 5.74) is 1.03. The molecule has 1 aromatic carbocycles. The number of aromatic nitrogens is 1. The first kappa shape index (κ1) is 18.7. The SMILES string of the molecule is Cc1nc(C)c(CCNC(=O)c2ccc(COc3ccc(Br)cc3)o2)s1. The van der Waals surface area contributed by atoms with Gasteiger partial charge in [-0.3, -0.25) is 4.79 Å². The fourth-order valence-corrected chi connectivity index (χ4v) is 3.65. The standard InChI is InChI=1S/C19H19BrN2O3S/c1-12-18(26-13(2)22-12)9-10-21-19(23)17-8-7-16(25-17)11-24-15-5-3-14(20)4-6-15/h3-8H,9-11H2,1-2H3,(H,21,23). The summed E-state index contributed by atoms with van der Waals surface area (Å²) in [5.74, 6) is 1.41. The summed E-state index contributed by atoms with van der Waals surface area (Å²) in [7, 11) is 0. The first-order chi connectivity index (χ1) is 12.5. The number of furan rings is 1. The number of halogens is 1. The van der Waals surface area contributed by atoms with E-state index < -0.39 is 0 Å². The average Bonchev–Trinajstić information content (AvgIpc) is 3.21. The number of amides is 1. The van der Waals surface area contributed by atoms with Gasteiger partial charge in [-0.05, 0) is 50.2 Å². The van der Waals surface area contributed by atoms with Gasteiger partial charge in [0.1, 0.15) is 18.1 Å². The van der Waals surface area contributed by atoms with E-state index in [1.54, 1.807) is 23.5 Å². The molecule has 2 aromatic heterocycles. The van der Waals surface area contributed by atoms with Gasteiger partial charge in [-0.2, -0.15) is 0 Å². The van der Waals surface area contributed by atoms with Crippen LogP contribution in [0.2, 0.25) is 0 Å². The molecule has 0 aliphatic rings. The largest absolute Gasteiger partial charge is 0.486 e. The minimum Gasteiger partial charge on any atom is -0.486 e. The topological polar surface area (TPSA) is 64.4 Å². The monoisotopic (exact) mass is 434 g/mol. The van der Waals surface area contributed by atoms with Gasteiger partial charge in [0.15, 0.2) is 5.76 Å². The van der Waals surface area contributed by atoms with Crippen LogP contribution < -0.4 is 10.1 Å². The van der Waals surface area contributed by atoms with Crippen molar-refractivity contribution >= 4 is 33.2 Å². The van der Waals surface area contributed by atoms with Gasteiger partial charge < -0.3 is 14.5 Å². The maximum Gasteiger partial charge on any atom is 0.287 e. The number of benzene rings is 1. The number of carbonyl (C=O) groups is 1. The number of hydrogen-bond acceptors (Lipinski definition) is 5. The lowest BCUT2D eigenvalue weighted by Crippen LogP contribution is -2.25. The number of aryl methyl sites for hydroxylation is 2. The van der Waals surface area contributed by atoms with Crippen molar-refractivity contribution in [1.29, 1.82) is 0 Å². The molecule has 0 aliphatic carbocycles. The Balaban J connectivity index is 1.48. The summed E-state index contributed by atoms with van der Waals surface area (Å²) in [5, 5.41) is 3.92. The molecule has 2 heterocycles. The zero-order valence-electron chi connectivity index (χ0n) is 14.5. The number of rotatable bonds is 7. The third-order valence-corrected chi connectivity index (χ3v) is 5.38. The minimum absolute atomic E-state index is 0.223. The highest BCUT2D eigenvalue weighted by atomic mass is 79.9. The van der Waals surface area contributed by atoms with Crippen LogP contribution in [0.5, 0.6) is 5.75 Å². The fraction of sp³-hybridized carbons (Fsp3) is 0.263. The van der Waals surface area contributed by atoms with E-state index in [0.29, 0.717) is 12.3 Å². The lowest BCUT2D eigenvalue weighted by atomic mass is 10.3. The Morgan fingerprint density at radius 2 is 2.00 bits per heavy atom. The second-order valence-corrected chi connectivity index (χ2v) is 7.96. The smallest absolute Gasteiger partial charge is 0.287 e. The van der Waals surface area contributed by atoms with Crippen molar-refractivity contribution in [2.75, 3.05) is 6.54 Å². The van der Waals surface area contributed by atoms with Gasteiger partial charge in [0.2, 0.25) is 0 Å². The summed E-state index contributed by atoms with van der Waals surface area (Å²) < 4.78 is 12.2. The van der Waals surface area contributed by atoms with Crippen LogP contribution in [0.15, 0.2) is 45.3 Å². The number of ether oxygens (including phenoxy) is 1. The van der Waals surface area contributed by atoms with E-state index in [4.69, 9.17) is 9.15 Å². The van der Waals surface area contributed by atoms with Crippen molar-refractivity contribution < 1.29 is 13.9 Å². The van der Waals surface area contributed by atoms with E-state index in [0.717, 1.165) is 27.3 Å². The zero-order chi connectivity index (χ0) is 18.5. The molecule has 0 spiro atoms. The Hall–Kier alpha value is -2.12. The molecule has 0 fully saturated rings. The Bertz CT molecular complexity index is 887. The Labute approximate surface area is 164 Å². The van der Waals surface area contributed by atoms with Crippen molar-refractivity contribution in [3.8, 4) is 5.75 Å². The normalized spacial score (nSPS) is 10.7. The van der Waals surface area contributed by atoms with E-state index in [-0.39, 0.29) is 18.3 Å². The molecule has 3 aromatic rings. The van der Waals surface area contributed by atoms with Crippen molar-refractivity contribution in [3.05, 3.63) is 68.0 Å². The van der Waals surface area contributed by atoms with Crippen LogP contribution in [0.3, 0.4) is 0 Å². The Morgan fingerprint density at radius 3 is 2.69 bits per heavy atom. The maximum atomic E-state index is 12.2. The van der Waals surface area contributed by atoms with Crippen molar-refractivity contribution in [3.63, 3.8) is 0 Å². The maximum absolute atomic E-state index is 12.2. The van der Waals surface area contributed by atoms with Gasteiger partial charge in [-0.1, -0.05) is 15.9 Å². The summed E-state index contributed by atoms with van der Waals surface area (Å²) in [6.07, 6.45) is 0.767. The van der Waals surface area contributed by atoms with E-state index >= 15 is 0 Å². The Morgan fingerprint density at radius 1 is 1.23 bits per heavy atom. The number of hydrogen-bond donors (Lipinski definition) is 1. The van der Waals surface area contributed by atoms with Crippen LogP contribution in [-0.2, 0) is 13.0 Å². The molecule has 0 bridgehead atoms. The molecule has 0 saturated heterocycles. The predicted octanol–water partition coefficient (Wildman–Crippen LogP) is 4.67. The molecule has 3 rings (SSSR count). The van der Waals surface area contributed by atoms with E-state index in [1.165, 1.54) is 4.88 Å². The first-order valence-corrected chi connectivity index (χ1v) is 9.80. The van der Waals surface area contributed by atoms with Gasteiger partial charge in [-0.15, -0.1) is 11.3 Å². The van der Waals surface area contributed by atoms with Gasteiger partial charge in [-0.25, -0.2) is 4.98 Å². The number of nitrogens with zero attached hydrogens (tertiary/aromatic N) is 1. The van der Waals surface area contributed by atoms with Crippen molar-refractivity contribution in [2.24, 2.45) is 0 Å². The van der Waals surface area contributed by atoms with Crippen LogP contribution in [0.1, 0.15) is 31.9 Å². The van der Waals surface area contributed by atoms with Crippen LogP contribution in [0, 0.1) is 13.8 Å². The number of carbonyl (C=O) groups excluding carboxylic acids is 1. The molecule has 0 aliphatic heterocycles. The molecule has 5 nitrogen and oxygen atoms in total. The van der Waals surface area contributed by atoms with Gasteiger partial charge in [0.25, 0.3) is 5.91 Å². The molecule has 1 N–H and O–H groups in total. The highest BCUT2D eigenvalue weighted by Crippen LogP contribution is 2.19. The molecule has 0 atom stereocenters. The van der Waals surface area contributed by atoms with Gasteiger partial charge in [0, 0.05) is 22.3 Å². The highest BCUT2D eigenvalue weighted by molar-refractivity contribution is 9.10. The second kappa shape index (κ2) is 8.51. The quantitative estimate of drug-likeness (QED) is 0.586. The highest BCUT2D eigenvalue weighted by Gasteiger charge is 2.12. The number of nitrogens with one attached hydrogen (secondary N) is 1.